The lowest BCUT2D eigenvalue weighted by Crippen LogP contribution is -2.33. The molecule has 0 aliphatic carbocycles. The smallest absolute Gasteiger partial charge is 0.164 e. The van der Waals surface area contributed by atoms with E-state index in [0.717, 1.165) is 12.8 Å². The zero-order valence-electron chi connectivity index (χ0n) is 13.3. The summed E-state index contributed by atoms with van der Waals surface area (Å²) < 4.78 is 0. The van der Waals surface area contributed by atoms with Gasteiger partial charge in [-0.3, -0.25) is 4.79 Å². The minimum Gasteiger partial charge on any atom is -0.382 e. The van der Waals surface area contributed by atoms with Gasteiger partial charge in [0.15, 0.2) is 5.78 Å². The van der Waals surface area contributed by atoms with Crippen molar-refractivity contribution in [3.63, 3.8) is 0 Å². The van der Waals surface area contributed by atoms with Crippen molar-refractivity contribution in [1.82, 2.24) is 0 Å². The Labute approximate surface area is 120 Å². The third-order valence-electron chi connectivity index (χ3n) is 4.05. The maximum atomic E-state index is 11.7. The molecule has 2 heteroatoms. The lowest BCUT2D eigenvalue weighted by Gasteiger charge is -2.19. The highest BCUT2D eigenvalue weighted by Gasteiger charge is 2.26. The Hall–Kier alpha value is -0.370. The van der Waals surface area contributed by atoms with Crippen LogP contribution >= 0.6 is 0 Å². The molecule has 0 spiro atoms. The molecule has 0 aliphatic rings. The molecule has 19 heavy (non-hydrogen) atoms. The Bertz CT molecular complexity index is 221. The summed E-state index contributed by atoms with van der Waals surface area (Å²) in [5.41, 5.74) is -1.10. The second kappa shape index (κ2) is 11.5. The van der Waals surface area contributed by atoms with Crippen LogP contribution in [0.1, 0.15) is 97.8 Å². The molecule has 0 saturated carbocycles. The summed E-state index contributed by atoms with van der Waals surface area (Å²) >= 11 is 0. The zero-order chi connectivity index (χ0) is 14.6. The number of carbonyl (C=O) groups is 1. The first-order chi connectivity index (χ1) is 9.04. The Kier molecular flexibility index (Phi) is 11.2. The number of hydrogen-bond acceptors (Lipinski definition) is 2. The molecule has 0 heterocycles. The minimum absolute atomic E-state index is 0.00886. The van der Waals surface area contributed by atoms with Crippen molar-refractivity contribution >= 4 is 5.78 Å². The second-order valence-electron chi connectivity index (χ2n) is 5.98. The highest BCUT2D eigenvalue weighted by Crippen LogP contribution is 2.16. The fraction of sp³-hybridized carbons (Fsp3) is 0.941. The molecule has 0 radical (unpaired) electrons. The molecule has 0 saturated heterocycles. The third-order valence-corrected chi connectivity index (χ3v) is 4.05. The predicted octanol–water partition coefficient (Wildman–Crippen LogP) is 5.03. The monoisotopic (exact) mass is 270 g/mol. The van der Waals surface area contributed by atoms with Gasteiger partial charge in [0.25, 0.3) is 0 Å². The van der Waals surface area contributed by atoms with E-state index in [4.69, 9.17) is 0 Å². The van der Waals surface area contributed by atoms with Crippen LogP contribution in [-0.4, -0.2) is 16.5 Å². The molecule has 0 bridgehead atoms. The lowest BCUT2D eigenvalue weighted by molar-refractivity contribution is -0.136. The van der Waals surface area contributed by atoms with Gasteiger partial charge < -0.3 is 5.11 Å². The number of unbranched alkanes of at least 4 members (excludes halogenated alkanes) is 9. The van der Waals surface area contributed by atoms with Crippen LogP contribution in [0, 0.1) is 0 Å². The first kappa shape index (κ1) is 18.6. The number of aliphatic hydroxyl groups is 1. The van der Waals surface area contributed by atoms with Gasteiger partial charge in [0.05, 0.1) is 0 Å². The Morgan fingerprint density at radius 2 is 1.26 bits per heavy atom. The van der Waals surface area contributed by atoms with Gasteiger partial charge >= 0.3 is 0 Å². The summed E-state index contributed by atoms with van der Waals surface area (Å²) in [6.07, 6.45) is 13.8. The number of Topliss-reactive ketones (excluding diaryl/α,β-unsaturated/α-hetero) is 1. The number of rotatable bonds is 13. The van der Waals surface area contributed by atoms with Crippen molar-refractivity contribution < 1.29 is 9.90 Å². The molecule has 0 aromatic heterocycles. The normalized spacial score (nSPS) is 14.3. The average molecular weight is 270 g/mol. The molecule has 0 aromatic carbocycles. The van der Waals surface area contributed by atoms with Gasteiger partial charge in [0.2, 0.25) is 0 Å². The van der Waals surface area contributed by atoms with Crippen molar-refractivity contribution in [2.24, 2.45) is 0 Å². The number of hydrogen-bond donors (Lipinski definition) is 1. The molecule has 1 N–H and O–H groups in total. The Morgan fingerprint density at radius 1 is 0.842 bits per heavy atom. The van der Waals surface area contributed by atoms with Gasteiger partial charge in [-0.15, -0.1) is 0 Å². The molecule has 2 nitrogen and oxygen atoms in total. The average Bonchev–Trinajstić information content (AvgIpc) is 2.40. The zero-order valence-corrected chi connectivity index (χ0v) is 13.3. The Balaban J connectivity index is 3.30. The van der Waals surface area contributed by atoms with E-state index in [1.54, 1.807) is 6.92 Å². The number of ketones is 1. The molecule has 0 fully saturated rings. The van der Waals surface area contributed by atoms with Crippen molar-refractivity contribution in [1.29, 1.82) is 0 Å². The van der Waals surface area contributed by atoms with Crippen LogP contribution in [-0.2, 0) is 4.79 Å². The first-order valence-corrected chi connectivity index (χ1v) is 8.30. The quantitative estimate of drug-likeness (QED) is 0.477. The molecule has 1 atom stereocenters. The van der Waals surface area contributed by atoms with E-state index in [2.05, 4.69) is 6.92 Å². The summed E-state index contributed by atoms with van der Waals surface area (Å²) in [4.78, 5) is 11.7. The first-order valence-electron chi connectivity index (χ1n) is 8.30. The van der Waals surface area contributed by atoms with Gasteiger partial charge in [0.1, 0.15) is 5.60 Å². The minimum atomic E-state index is -1.10. The van der Waals surface area contributed by atoms with Crippen LogP contribution in [0.15, 0.2) is 0 Å². The van der Waals surface area contributed by atoms with Crippen LogP contribution in [0.3, 0.4) is 0 Å². The fourth-order valence-electron chi connectivity index (χ4n) is 2.24. The van der Waals surface area contributed by atoms with E-state index >= 15 is 0 Å². The largest absolute Gasteiger partial charge is 0.382 e. The molecular formula is C17H34O2. The molecule has 0 aromatic rings. The topological polar surface area (TPSA) is 37.3 Å². The molecule has 0 rings (SSSR count). The van der Waals surface area contributed by atoms with Crippen LogP contribution in [0.4, 0.5) is 0 Å². The van der Waals surface area contributed by atoms with Crippen molar-refractivity contribution in [3.8, 4) is 0 Å². The van der Waals surface area contributed by atoms with Crippen LogP contribution in [0.5, 0.6) is 0 Å². The molecule has 0 amide bonds. The lowest BCUT2D eigenvalue weighted by atomic mass is 9.93. The van der Waals surface area contributed by atoms with E-state index in [1.807, 2.05) is 6.92 Å². The maximum Gasteiger partial charge on any atom is 0.164 e. The number of carbonyl (C=O) groups excluding carboxylic acids is 1. The Morgan fingerprint density at radius 3 is 1.68 bits per heavy atom. The van der Waals surface area contributed by atoms with Crippen LogP contribution < -0.4 is 0 Å². The fourth-order valence-corrected chi connectivity index (χ4v) is 2.24. The summed E-state index contributed by atoms with van der Waals surface area (Å²) in [7, 11) is 0. The van der Waals surface area contributed by atoms with Gasteiger partial charge in [-0.1, -0.05) is 71.6 Å². The van der Waals surface area contributed by atoms with Crippen molar-refractivity contribution in [2.45, 2.75) is 103 Å². The SMILES string of the molecule is CCCCCCCCCCCCC(=O)C(C)(O)CC. The van der Waals surface area contributed by atoms with Gasteiger partial charge in [-0.05, 0) is 19.8 Å². The molecule has 0 aliphatic heterocycles. The van der Waals surface area contributed by atoms with Gasteiger partial charge in [-0.25, -0.2) is 0 Å². The maximum absolute atomic E-state index is 11.7. The van der Waals surface area contributed by atoms with E-state index in [-0.39, 0.29) is 5.78 Å². The van der Waals surface area contributed by atoms with Crippen LogP contribution in [0.2, 0.25) is 0 Å². The van der Waals surface area contributed by atoms with Gasteiger partial charge in [-0.2, -0.15) is 0 Å². The summed E-state index contributed by atoms with van der Waals surface area (Å²) in [6, 6.07) is 0. The highest BCUT2D eigenvalue weighted by atomic mass is 16.3. The molecular weight excluding hydrogens is 236 g/mol. The summed E-state index contributed by atoms with van der Waals surface area (Å²) in [5, 5.41) is 9.79. The van der Waals surface area contributed by atoms with E-state index < -0.39 is 5.60 Å². The summed E-state index contributed by atoms with van der Waals surface area (Å²) in [6.45, 7) is 5.74. The van der Waals surface area contributed by atoms with Crippen LogP contribution in [0.25, 0.3) is 0 Å². The predicted molar refractivity (Wildman–Crippen MR) is 82.4 cm³/mol. The van der Waals surface area contributed by atoms with Crippen molar-refractivity contribution in [3.05, 3.63) is 0 Å². The molecule has 1 unspecified atom stereocenters. The van der Waals surface area contributed by atoms with E-state index in [9.17, 15) is 9.90 Å². The third kappa shape index (κ3) is 10.1. The second-order valence-corrected chi connectivity index (χ2v) is 5.98. The van der Waals surface area contributed by atoms with Crippen molar-refractivity contribution in [2.75, 3.05) is 0 Å². The molecule has 114 valence electrons. The van der Waals surface area contributed by atoms with E-state index in [1.165, 1.54) is 51.4 Å². The summed E-state index contributed by atoms with van der Waals surface area (Å²) in [5.74, 6) is 0.00886. The standard InChI is InChI=1S/C17H34O2/c1-4-6-7-8-9-10-11-12-13-14-15-16(18)17(3,19)5-2/h19H,4-15H2,1-3H3. The van der Waals surface area contributed by atoms with E-state index in [0.29, 0.717) is 12.8 Å². The van der Waals surface area contributed by atoms with Gasteiger partial charge in [0, 0.05) is 6.42 Å². The highest BCUT2D eigenvalue weighted by molar-refractivity contribution is 5.86.